The van der Waals surface area contributed by atoms with Crippen molar-refractivity contribution in [3.8, 4) is 11.5 Å². The van der Waals surface area contributed by atoms with Crippen LogP contribution in [0, 0.1) is 0 Å². The molecule has 2 rings (SSSR count). The minimum absolute atomic E-state index is 0.116. The van der Waals surface area contributed by atoms with Crippen molar-refractivity contribution < 1.29 is 14.6 Å². The summed E-state index contributed by atoms with van der Waals surface area (Å²) in [7, 11) is 0. The van der Waals surface area contributed by atoms with E-state index in [-0.39, 0.29) is 17.5 Å². The fourth-order valence-corrected chi connectivity index (χ4v) is 1.42. The van der Waals surface area contributed by atoms with Crippen molar-refractivity contribution in [3.05, 3.63) is 36.4 Å². The lowest BCUT2D eigenvalue weighted by Gasteiger charge is -2.05. The average molecular weight is 247 g/mol. The molecule has 6 heteroatoms. The highest BCUT2D eigenvalue weighted by Gasteiger charge is 2.13. The predicted octanol–water partition coefficient (Wildman–Crippen LogP) is 2.35. The average Bonchev–Trinajstić information content (AvgIpc) is 2.78. The summed E-state index contributed by atoms with van der Waals surface area (Å²) >= 11 is 0. The maximum atomic E-state index is 11.0. The van der Waals surface area contributed by atoms with Crippen molar-refractivity contribution in [2.24, 2.45) is 0 Å². The number of hydrogen-bond acceptors (Lipinski definition) is 4. The van der Waals surface area contributed by atoms with E-state index in [0.717, 1.165) is 0 Å². The quantitative estimate of drug-likeness (QED) is 0.897. The molecule has 0 spiro atoms. The number of carbonyl (C=O) groups is 1. The van der Waals surface area contributed by atoms with Gasteiger partial charge in [0.1, 0.15) is 0 Å². The van der Waals surface area contributed by atoms with E-state index in [1.165, 1.54) is 6.20 Å². The highest BCUT2D eigenvalue weighted by Crippen LogP contribution is 2.24. The summed E-state index contributed by atoms with van der Waals surface area (Å²) in [5.41, 5.74) is -0.116. The highest BCUT2D eigenvalue weighted by atomic mass is 16.5. The Morgan fingerprint density at radius 2 is 2.28 bits per heavy atom. The van der Waals surface area contributed by atoms with Crippen LogP contribution in [-0.4, -0.2) is 25.8 Å². The standard InChI is InChI=1S/C12H13N3O3/c1-8(2)15-7-9(6-14-15)18-10-4-3-5-13-11(10)12(16)17/h3-8H,1-2H3,(H,16,17). The number of rotatable bonds is 4. The van der Waals surface area contributed by atoms with Gasteiger partial charge in [0.25, 0.3) is 0 Å². The van der Waals surface area contributed by atoms with Crippen molar-refractivity contribution in [2.45, 2.75) is 19.9 Å². The van der Waals surface area contributed by atoms with Crippen molar-refractivity contribution in [1.29, 1.82) is 0 Å². The first-order valence-corrected chi connectivity index (χ1v) is 5.48. The second kappa shape index (κ2) is 4.87. The molecule has 0 radical (unpaired) electrons. The molecular formula is C12H13N3O3. The number of aromatic carboxylic acids is 1. The zero-order chi connectivity index (χ0) is 13.1. The van der Waals surface area contributed by atoms with Crippen molar-refractivity contribution in [2.75, 3.05) is 0 Å². The van der Waals surface area contributed by atoms with Gasteiger partial charge in [-0.25, -0.2) is 9.78 Å². The molecule has 0 aliphatic carbocycles. The summed E-state index contributed by atoms with van der Waals surface area (Å²) in [6.07, 6.45) is 4.66. The van der Waals surface area contributed by atoms with Crippen LogP contribution in [0.4, 0.5) is 0 Å². The molecule has 0 saturated heterocycles. The Bertz CT molecular complexity index is 563. The van der Waals surface area contributed by atoms with Crippen LogP contribution in [0.5, 0.6) is 11.5 Å². The zero-order valence-electron chi connectivity index (χ0n) is 10.1. The van der Waals surface area contributed by atoms with Crippen LogP contribution in [0.15, 0.2) is 30.7 Å². The lowest BCUT2D eigenvalue weighted by Crippen LogP contribution is -2.02. The van der Waals surface area contributed by atoms with E-state index in [9.17, 15) is 4.79 Å². The summed E-state index contributed by atoms with van der Waals surface area (Å²) in [6, 6.07) is 3.40. The SMILES string of the molecule is CC(C)n1cc(Oc2cccnc2C(=O)O)cn1. The van der Waals surface area contributed by atoms with E-state index in [2.05, 4.69) is 10.1 Å². The molecule has 0 amide bonds. The third kappa shape index (κ3) is 2.48. The minimum Gasteiger partial charge on any atom is -0.476 e. The first-order chi connectivity index (χ1) is 8.58. The summed E-state index contributed by atoms with van der Waals surface area (Å²) in [4.78, 5) is 14.7. The van der Waals surface area contributed by atoms with E-state index >= 15 is 0 Å². The van der Waals surface area contributed by atoms with Crippen LogP contribution in [0.2, 0.25) is 0 Å². The second-order valence-electron chi connectivity index (χ2n) is 4.01. The number of carboxylic acid groups (broad SMARTS) is 1. The summed E-state index contributed by atoms with van der Waals surface area (Å²) in [5.74, 6) is -0.436. The topological polar surface area (TPSA) is 77.2 Å². The molecule has 0 aromatic carbocycles. The number of nitrogens with zero attached hydrogens (tertiary/aromatic N) is 3. The van der Waals surface area contributed by atoms with Crippen LogP contribution in [-0.2, 0) is 0 Å². The van der Waals surface area contributed by atoms with Gasteiger partial charge in [-0.2, -0.15) is 5.10 Å². The first-order valence-electron chi connectivity index (χ1n) is 5.48. The van der Waals surface area contributed by atoms with E-state index in [1.54, 1.807) is 29.2 Å². The van der Waals surface area contributed by atoms with Gasteiger partial charge in [-0.3, -0.25) is 4.68 Å². The molecule has 0 unspecified atom stereocenters. The Kier molecular flexibility index (Phi) is 3.27. The molecule has 0 fully saturated rings. The molecule has 0 aliphatic rings. The van der Waals surface area contributed by atoms with Crippen molar-refractivity contribution >= 4 is 5.97 Å². The van der Waals surface area contributed by atoms with Gasteiger partial charge in [0.15, 0.2) is 17.2 Å². The minimum atomic E-state index is -1.12. The van der Waals surface area contributed by atoms with E-state index in [4.69, 9.17) is 9.84 Å². The smallest absolute Gasteiger partial charge is 0.358 e. The predicted molar refractivity (Wildman–Crippen MR) is 63.9 cm³/mol. The third-order valence-corrected chi connectivity index (χ3v) is 2.31. The molecule has 2 aromatic heterocycles. The lowest BCUT2D eigenvalue weighted by atomic mass is 10.3. The molecule has 0 saturated carbocycles. The van der Waals surface area contributed by atoms with Gasteiger partial charge in [-0.05, 0) is 26.0 Å². The van der Waals surface area contributed by atoms with Crippen LogP contribution < -0.4 is 4.74 Å². The van der Waals surface area contributed by atoms with E-state index < -0.39 is 5.97 Å². The van der Waals surface area contributed by atoms with E-state index in [0.29, 0.717) is 5.75 Å². The number of hydrogen-bond donors (Lipinski definition) is 1. The summed E-state index contributed by atoms with van der Waals surface area (Å²) in [5, 5.41) is 13.1. The first kappa shape index (κ1) is 12.1. The summed E-state index contributed by atoms with van der Waals surface area (Å²) in [6.45, 7) is 3.98. The van der Waals surface area contributed by atoms with Crippen molar-refractivity contribution in [3.63, 3.8) is 0 Å². The lowest BCUT2D eigenvalue weighted by molar-refractivity contribution is 0.0687. The highest BCUT2D eigenvalue weighted by molar-refractivity contribution is 5.88. The van der Waals surface area contributed by atoms with E-state index in [1.807, 2.05) is 13.8 Å². The van der Waals surface area contributed by atoms with Crippen LogP contribution in [0.3, 0.4) is 0 Å². The van der Waals surface area contributed by atoms with Gasteiger partial charge in [0, 0.05) is 12.2 Å². The molecule has 2 heterocycles. The maximum Gasteiger partial charge on any atom is 0.358 e. The number of pyridine rings is 1. The Labute approximate surface area is 104 Å². The van der Waals surface area contributed by atoms with Gasteiger partial charge in [0.05, 0.1) is 12.4 Å². The second-order valence-corrected chi connectivity index (χ2v) is 4.01. The van der Waals surface area contributed by atoms with Crippen LogP contribution in [0.25, 0.3) is 0 Å². The molecule has 94 valence electrons. The molecule has 18 heavy (non-hydrogen) atoms. The normalized spacial score (nSPS) is 10.6. The molecule has 2 aromatic rings. The van der Waals surface area contributed by atoms with Gasteiger partial charge < -0.3 is 9.84 Å². The fraction of sp³-hybridized carbons (Fsp3) is 0.250. The van der Waals surface area contributed by atoms with Crippen LogP contribution in [0.1, 0.15) is 30.4 Å². The Hall–Kier alpha value is -2.37. The molecule has 6 nitrogen and oxygen atoms in total. The molecule has 0 bridgehead atoms. The number of carboxylic acids is 1. The Morgan fingerprint density at radius 1 is 1.50 bits per heavy atom. The molecular weight excluding hydrogens is 234 g/mol. The Balaban J connectivity index is 2.25. The molecule has 0 atom stereocenters. The van der Waals surface area contributed by atoms with Gasteiger partial charge >= 0.3 is 5.97 Å². The van der Waals surface area contributed by atoms with Gasteiger partial charge in [0.2, 0.25) is 0 Å². The van der Waals surface area contributed by atoms with Gasteiger partial charge in [-0.1, -0.05) is 0 Å². The summed E-state index contributed by atoms with van der Waals surface area (Å²) < 4.78 is 7.20. The molecule has 0 aliphatic heterocycles. The fourth-order valence-electron chi connectivity index (χ4n) is 1.42. The zero-order valence-corrected chi connectivity index (χ0v) is 10.1. The third-order valence-electron chi connectivity index (χ3n) is 2.31. The van der Waals surface area contributed by atoms with Crippen LogP contribution >= 0.6 is 0 Å². The van der Waals surface area contributed by atoms with Crippen molar-refractivity contribution in [1.82, 2.24) is 14.8 Å². The maximum absolute atomic E-state index is 11.0. The Morgan fingerprint density at radius 3 is 2.89 bits per heavy atom. The monoisotopic (exact) mass is 247 g/mol. The number of aromatic nitrogens is 3. The van der Waals surface area contributed by atoms with Gasteiger partial charge in [-0.15, -0.1) is 0 Å². The largest absolute Gasteiger partial charge is 0.476 e. The molecule has 1 N–H and O–H groups in total. The number of ether oxygens (including phenoxy) is 1.